The maximum atomic E-state index is 11.8. The number of thiocarbonyl (C=S) groups is 1. The Balaban J connectivity index is 1.63. The van der Waals surface area contributed by atoms with Gasteiger partial charge in [-0.3, -0.25) is 9.71 Å². The average Bonchev–Trinajstić information content (AvgIpc) is 3.45. The van der Waals surface area contributed by atoms with E-state index in [1.54, 1.807) is 12.3 Å². The standard InChI is InChI=1S/C26H25N5O2S2/c1-18-17-20(13-14-21(18)29-35(2,32)33)31-25(24(28-26(31)34)22-11-6-7-15-27-22)23-12-8-16-30(23)19-9-4-3-5-10-19/h3-17,24-25,29H,1-2H3,(H,28,34)/t24-,25-/m0/s1. The molecule has 0 unspecified atom stereocenters. The van der Waals surface area contributed by atoms with Crippen LogP contribution in [0.4, 0.5) is 11.4 Å². The zero-order chi connectivity index (χ0) is 24.6. The number of benzene rings is 2. The lowest BCUT2D eigenvalue weighted by molar-refractivity contribution is 0.549. The highest BCUT2D eigenvalue weighted by atomic mass is 32.2. The zero-order valence-corrected chi connectivity index (χ0v) is 20.9. The first-order valence-electron chi connectivity index (χ1n) is 11.1. The molecule has 1 aliphatic heterocycles. The Kier molecular flexibility index (Phi) is 6.04. The summed E-state index contributed by atoms with van der Waals surface area (Å²) in [5.74, 6) is 0. The van der Waals surface area contributed by atoms with Crippen molar-refractivity contribution >= 4 is 38.7 Å². The number of sulfonamides is 1. The second kappa shape index (κ2) is 9.16. The fourth-order valence-corrected chi connectivity index (χ4v) is 5.48. The first-order chi connectivity index (χ1) is 16.8. The second-order valence-electron chi connectivity index (χ2n) is 8.51. The Morgan fingerprint density at radius 1 is 0.971 bits per heavy atom. The van der Waals surface area contributed by atoms with Crippen LogP contribution in [-0.4, -0.2) is 29.3 Å². The van der Waals surface area contributed by atoms with Crippen LogP contribution in [0.2, 0.25) is 0 Å². The molecule has 178 valence electrons. The minimum absolute atomic E-state index is 0.185. The monoisotopic (exact) mass is 503 g/mol. The van der Waals surface area contributed by atoms with Gasteiger partial charge in [-0.25, -0.2) is 8.42 Å². The van der Waals surface area contributed by atoms with Gasteiger partial charge in [0.2, 0.25) is 10.0 Å². The van der Waals surface area contributed by atoms with Gasteiger partial charge in [-0.05, 0) is 79.3 Å². The van der Waals surface area contributed by atoms with E-state index in [2.05, 4.69) is 42.7 Å². The molecule has 2 aromatic carbocycles. The van der Waals surface area contributed by atoms with Gasteiger partial charge in [0.1, 0.15) is 6.04 Å². The lowest BCUT2D eigenvalue weighted by Gasteiger charge is -2.29. The van der Waals surface area contributed by atoms with Crippen molar-refractivity contribution in [3.05, 3.63) is 108 Å². The SMILES string of the molecule is Cc1cc(N2C(=S)N[C@@H](c3ccccn3)[C@@H]2c2cccn2-c2ccccc2)ccc1NS(C)(=O)=O. The summed E-state index contributed by atoms with van der Waals surface area (Å²) in [5.41, 5.74) is 5.19. The number of pyridine rings is 1. The highest BCUT2D eigenvalue weighted by Gasteiger charge is 2.42. The van der Waals surface area contributed by atoms with Crippen molar-refractivity contribution in [2.24, 2.45) is 0 Å². The minimum Gasteiger partial charge on any atom is -0.351 e. The lowest BCUT2D eigenvalue weighted by atomic mass is 10.0. The van der Waals surface area contributed by atoms with Gasteiger partial charge in [-0.1, -0.05) is 24.3 Å². The van der Waals surface area contributed by atoms with E-state index in [-0.39, 0.29) is 12.1 Å². The van der Waals surface area contributed by atoms with E-state index in [1.807, 2.05) is 67.7 Å². The highest BCUT2D eigenvalue weighted by molar-refractivity contribution is 7.92. The van der Waals surface area contributed by atoms with E-state index in [9.17, 15) is 8.42 Å². The van der Waals surface area contributed by atoms with Gasteiger partial charge in [-0.15, -0.1) is 0 Å². The number of hydrogen-bond donors (Lipinski definition) is 2. The van der Waals surface area contributed by atoms with Crippen LogP contribution in [0.3, 0.4) is 0 Å². The Labute approximate surface area is 210 Å². The Morgan fingerprint density at radius 2 is 1.74 bits per heavy atom. The molecular weight excluding hydrogens is 478 g/mol. The number of para-hydroxylation sites is 1. The van der Waals surface area contributed by atoms with Crippen molar-refractivity contribution in [1.82, 2.24) is 14.9 Å². The number of nitrogens with one attached hydrogen (secondary N) is 2. The number of nitrogens with zero attached hydrogens (tertiary/aromatic N) is 3. The largest absolute Gasteiger partial charge is 0.351 e. The highest BCUT2D eigenvalue weighted by Crippen LogP contribution is 2.42. The summed E-state index contributed by atoms with van der Waals surface area (Å²) < 4.78 is 28.3. The lowest BCUT2D eigenvalue weighted by Crippen LogP contribution is -2.30. The first-order valence-corrected chi connectivity index (χ1v) is 13.4. The molecule has 1 fully saturated rings. The van der Waals surface area contributed by atoms with Gasteiger partial charge in [-0.2, -0.15) is 0 Å². The van der Waals surface area contributed by atoms with Crippen molar-refractivity contribution in [2.75, 3.05) is 15.9 Å². The predicted molar refractivity (Wildman–Crippen MR) is 143 cm³/mol. The third-order valence-corrected chi connectivity index (χ3v) is 6.90. The Hall–Kier alpha value is -3.69. The van der Waals surface area contributed by atoms with E-state index in [1.165, 1.54) is 0 Å². The molecule has 0 spiro atoms. The van der Waals surface area contributed by atoms with E-state index < -0.39 is 10.0 Å². The molecule has 4 aromatic rings. The summed E-state index contributed by atoms with van der Waals surface area (Å²) in [5, 5.41) is 4.06. The van der Waals surface area contributed by atoms with Crippen LogP contribution in [0, 0.1) is 6.92 Å². The topological polar surface area (TPSA) is 79.3 Å². The normalized spacial score (nSPS) is 17.9. The van der Waals surface area contributed by atoms with Crippen molar-refractivity contribution in [2.45, 2.75) is 19.0 Å². The molecule has 2 atom stereocenters. The van der Waals surface area contributed by atoms with Crippen LogP contribution in [0.25, 0.3) is 5.69 Å². The summed E-state index contributed by atoms with van der Waals surface area (Å²) in [6, 6.07) is 25.4. The molecule has 2 aromatic heterocycles. The first kappa shape index (κ1) is 23.1. The predicted octanol–water partition coefficient (Wildman–Crippen LogP) is 4.73. The van der Waals surface area contributed by atoms with Gasteiger partial charge in [0.25, 0.3) is 0 Å². The van der Waals surface area contributed by atoms with Crippen LogP contribution < -0.4 is 14.9 Å². The molecule has 7 nitrogen and oxygen atoms in total. The molecule has 1 saturated heterocycles. The quantitative estimate of drug-likeness (QED) is 0.371. The molecule has 0 aliphatic carbocycles. The van der Waals surface area contributed by atoms with E-state index in [0.29, 0.717) is 10.8 Å². The van der Waals surface area contributed by atoms with Gasteiger partial charge < -0.3 is 14.8 Å². The van der Waals surface area contributed by atoms with Crippen LogP contribution in [0.15, 0.2) is 91.3 Å². The van der Waals surface area contributed by atoms with Gasteiger partial charge in [0.05, 0.1) is 23.7 Å². The molecule has 1 aliphatic rings. The molecule has 5 rings (SSSR count). The molecular formula is C26H25N5O2S2. The van der Waals surface area contributed by atoms with Crippen molar-refractivity contribution in [3.63, 3.8) is 0 Å². The van der Waals surface area contributed by atoms with Crippen LogP contribution in [0.1, 0.15) is 29.0 Å². The fourth-order valence-electron chi connectivity index (χ4n) is 4.50. The number of aromatic nitrogens is 2. The van der Waals surface area contributed by atoms with Gasteiger partial charge >= 0.3 is 0 Å². The van der Waals surface area contributed by atoms with Crippen LogP contribution in [0.5, 0.6) is 0 Å². The Morgan fingerprint density at radius 3 is 2.43 bits per heavy atom. The zero-order valence-electron chi connectivity index (χ0n) is 19.3. The minimum atomic E-state index is -3.38. The van der Waals surface area contributed by atoms with E-state index >= 15 is 0 Å². The van der Waals surface area contributed by atoms with E-state index in [4.69, 9.17) is 12.2 Å². The summed E-state index contributed by atoms with van der Waals surface area (Å²) in [7, 11) is -3.38. The summed E-state index contributed by atoms with van der Waals surface area (Å²) >= 11 is 5.84. The molecule has 2 N–H and O–H groups in total. The molecule has 0 bridgehead atoms. The molecule has 0 saturated carbocycles. The smallest absolute Gasteiger partial charge is 0.229 e. The molecule has 0 amide bonds. The van der Waals surface area contributed by atoms with Crippen LogP contribution >= 0.6 is 12.2 Å². The maximum absolute atomic E-state index is 11.8. The van der Waals surface area contributed by atoms with Crippen LogP contribution in [-0.2, 0) is 10.0 Å². The summed E-state index contributed by atoms with van der Waals surface area (Å²) in [6.07, 6.45) is 4.97. The molecule has 3 heterocycles. The van der Waals surface area contributed by atoms with Crippen molar-refractivity contribution in [1.29, 1.82) is 0 Å². The van der Waals surface area contributed by atoms with Gasteiger partial charge in [0, 0.05) is 29.5 Å². The third kappa shape index (κ3) is 4.65. The van der Waals surface area contributed by atoms with E-state index in [0.717, 1.165) is 34.6 Å². The van der Waals surface area contributed by atoms with Crippen molar-refractivity contribution < 1.29 is 8.42 Å². The number of aryl methyl sites for hydroxylation is 1. The molecule has 9 heteroatoms. The maximum Gasteiger partial charge on any atom is 0.229 e. The summed E-state index contributed by atoms with van der Waals surface area (Å²) in [6.45, 7) is 1.88. The number of hydrogen-bond acceptors (Lipinski definition) is 4. The van der Waals surface area contributed by atoms with Gasteiger partial charge in [0.15, 0.2) is 5.11 Å². The van der Waals surface area contributed by atoms with Crippen molar-refractivity contribution in [3.8, 4) is 5.69 Å². The average molecular weight is 504 g/mol. The Bertz CT molecular complexity index is 1470. The molecule has 35 heavy (non-hydrogen) atoms. The number of anilines is 2. The summed E-state index contributed by atoms with van der Waals surface area (Å²) in [4.78, 5) is 6.71. The molecule has 0 radical (unpaired) electrons. The third-order valence-electron chi connectivity index (χ3n) is 6.00. The fraction of sp³-hybridized carbons (Fsp3) is 0.154. The number of rotatable bonds is 6. The second-order valence-corrected chi connectivity index (χ2v) is 10.6.